The molecule has 2 heterocycles. The van der Waals surface area contributed by atoms with Crippen molar-refractivity contribution in [2.45, 2.75) is 12.8 Å². The van der Waals surface area contributed by atoms with E-state index in [-0.39, 0.29) is 19.2 Å². The summed E-state index contributed by atoms with van der Waals surface area (Å²) in [7, 11) is 0. The molecule has 3 rings (SSSR count). The van der Waals surface area contributed by atoms with Gasteiger partial charge in [-0.15, -0.1) is 0 Å². The Bertz CT molecular complexity index is 631. The molecule has 2 aliphatic rings. The number of nitrogens with one attached hydrogen (secondary N) is 2. The van der Waals surface area contributed by atoms with Gasteiger partial charge in [-0.25, -0.2) is 0 Å². The topological polar surface area (TPSA) is 97.0 Å². The van der Waals surface area contributed by atoms with Crippen molar-refractivity contribution < 1.29 is 23.9 Å². The molecule has 1 aromatic carbocycles. The molecule has 2 aliphatic heterocycles. The normalized spacial score (nSPS) is 15.8. The van der Waals surface area contributed by atoms with E-state index in [1.807, 2.05) is 0 Å². The van der Waals surface area contributed by atoms with Crippen molar-refractivity contribution in [3.63, 3.8) is 0 Å². The average molecular weight is 305 g/mol. The molecule has 0 saturated carbocycles. The summed E-state index contributed by atoms with van der Waals surface area (Å²) in [5.74, 6) is 0.107. The second-order valence-electron chi connectivity index (χ2n) is 4.99. The Morgan fingerprint density at radius 3 is 2.77 bits per heavy atom. The number of hydrazine groups is 1. The predicted molar refractivity (Wildman–Crippen MR) is 74.0 cm³/mol. The van der Waals surface area contributed by atoms with Gasteiger partial charge >= 0.3 is 0 Å². The average Bonchev–Trinajstić information content (AvgIpc) is 3.13. The molecule has 1 aromatic rings. The highest BCUT2D eigenvalue weighted by molar-refractivity contribution is 5.96. The van der Waals surface area contributed by atoms with Crippen LogP contribution in [0.25, 0.3) is 0 Å². The summed E-state index contributed by atoms with van der Waals surface area (Å²) in [6.45, 7) is 0.642. The lowest BCUT2D eigenvalue weighted by Crippen LogP contribution is -2.46. The summed E-state index contributed by atoms with van der Waals surface area (Å²) in [6.07, 6.45) is 1.23. The molecule has 0 bridgehead atoms. The summed E-state index contributed by atoms with van der Waals surface area (Å²) in [5.41, 5.74) is 4.93. The number of amides is 3. The van der Waals surface area contributed by atoms with Crippen LogP contribution in [0.3, 0.4) is 0 Å². The minimum absolute atomic E-state index is 0.0442. The number of hydrogen-bond acceptors (Lipinski definition) is 5. The first-order chi connectivity index (χ1) is 10.6. The lowest BCUT2D eigenvalue weighted by molar-refractivity contribution is -0.133. The Labute approximate surface area is 126 Å². The van der Waals surface area contributed by atoms with Crippen LogP contribution in [0, 0.1) is 0 Å². The lowest BCUT2D eigenvalue weighted by atomic mass is 10.2. The fraction of sp³-hybridized carbons (Fsp3) is 0.357. The number of carbonyl (C=O) groups excluding carboxylic acids is 3. The third-order valence-electron chi connectivity index (χ3n) is 3.46. The Morgan fingerprint density at radius 2 is 2.00 bits per heavy atom. The number of fused-ring (bicyclic) bond motifs is 1. The van der Waals surface area contributed by atoms with Crippen molar-refractivity contribution in [3.05, 3.63) is 23.8 Å². The lowest BCUT2D eigenvalue weighted by Gasteiger charge is -2.15. The molecule has 0 radical (unpaired) electrons. The van der Waals surface area contributed by atoms with Crippen molar-refractivity contribution in [2.75, 3.05) is 19.9 Å². The highest BCUT2D eigenvalue weighted by atomic mass is 16.7. The molecule has 0 unspecified atom stereocenters. The van der Waals surface area contributed by atoms with E-state index in [2.05, 4.69) is 10.9 Å². The summed E-state index contributed by atoms with van der Waals surface area (Å²) in [5, 5.41) is 0. The first-order valence-corrected chi connectivity index (χ1v) is 6.90. The van der Waals surface area contributed by atoms with Crippen molar-refractivity contribution in [3.8, 4) is 11.5 Å². The van der Waals surface area contributed by atoms with Gasteiger partial charge in [0.1, 0.15) is 6.54 Å². The van der Waals surface area contributed by atoms with Crippen LogP contribution in [0.1, 0.15) is 23.2 Å². The zero-order valence-electron chi connectivity index (χ0n) is 11.8. The predicted octanol–water partition coefficient (Wildman–Crippen LogP) is -0.201. The van der Waals surface area contributed by atoms with Gasteiger partial charge in [0.05, 0.1) is 0 Å². The number of hydrogen-bond donors (Lipinski definition) is 2. The SMILES string of the molecule is O=C(CN1CCCC1=O)NNC(=O)c1ccc2c(c1)OCO2. The van der Waals surface area contributed by atoms with E-state index < -0.39 is 11.8 Å². The summed E-state index contributed by atoms with van der Waals surface area (Å²) < 4.78 is 10.3. The fourth-order valence-corrected chi connectivity index (χ4v) is 2.32. The summed E-state index contributed by atoms with van der Waals surface area (Å²) in [4.78, 5) is 36.5. The van der Waals surface area contributed by atoms with Crippen LogP contribution in [0.2, 0.25) is 0 Å². The van der Waals surface area contributed by atoms with E-state index in [0.717, 1.165) is 6.42 Å². The number of nitrogens with zero attached hydrogens (tertiary/aromatic N) is 1. The molecule has 0 atom stereocenters. The minimum Gasteiger partial charge on any atom is -0.454 e. The highest BCUT2D eigenvalue weighted by Gasteiger charge is 2.22. The third-order valence-corrected chi connectivity index (χ3v) is 3.46. The van der Waals surface area contributed by atoms with Crippen LogP contribution in [-0.4, -0.2) is 42.5 Å². The molecule has 22 heavy (non-hydrogen) atoms. The Hall–Kier alpha value is -2.77. The fourth-order valence-electron chi connectivity index (χ4n) is 2.32. The Morgan fingerprint density at radius 1 is 1.18 bits per heavy atom. The van der Waals surface area contributed by atoms with Crippen LogP contribution in [-0.2, 0) is 9.59 Å². The highest BCUT2D eigenvalue weighted by Crippen LogP contribution is 2.32. The van der Waals surface area contributed by atoms with Crippen LogP contribution in [0.4, 0.5) is 0 Å². The molecule has 0 aromatic heterocycles. The number of carbonyl (C=O) groups is 3. The van der Waals surface area contributed by atoms with Crippen LogP contribution >= 0.6 is 0 Å². The molecule has 0 spiro atoms. The van der Waals surface area contributed by atoms with E-state index in [0.29, 0.717) is 30.0 Å². The van der Waals surface area contributed by atoms with Gasteiger partial charge in [-0.2, -0.15) is 0 Å². The van der Waals surface area contributed by atoms with Crippen molar-refractivity contribution in [2.24, 2.45) is 0 Å². The molecule has 1 fully saturated rings. The molecule has 116 valence electrons. The molecule has 2 N–H and O–H groups in total. The van der Waals surface area contributed by atoms with E-state index in [1.54, 1.807) is 12.1 Å². The first kappa shape index (κ1) is 14.2. The second kappa shape index (κ2) is 5.92. The third kappa shape index (κ3) is 2.95. The van der Waals surface area contributed by atoms with Gasteiger partial charge in [0.25, 0.3) is 11.8 Å². The number of ether oxygens (including phenoxy) is 2. The van der Waals surface area contributed by atoms with Gasteiger partial charge in [-0.3, -0.25) is 25.2 Å². The quantitative estimate of drug-likeness (QED) is 0.754. The molecule has 8 heteroatoms. The standard InChI is InChI=1S/C14H15N3O5/c18-12(7-17-5-1-2-13(17)19)15-16-14(20)9-3-4-10-11(6-9)22-8-21-10/h3-4,6H,1-2,5,7-8H2,(H,15,18)(H,16,20). The van der Waals surface area contributed by atoms with Gasteiger partial charge in [0.2, 0.25) is 12.7 Å². The van der Waals surface area contributed by atoms with Crippen molar-refractivity contribution in [1.29, 1.82) is 0 Å². The van der Waals surface area contributed by atoms with Crippen LogP contribution in [0.5, 0.6) is 11.5 Å². The molecule has 8 nitrogen and oxygen atoms in total. The maximum atomic E-state index is 11.9. The van der Waals surface area contributed by atoms with Crippen molar-refractivity contribution in [1.82, 2.24) is 15.8 Å². The monoisotopic (exact) mass is 305 g/mol. The molecule has 0 aliphatic carbocycles. The first-order valence-electron chi connectivity index (χ1n) is 6.90. The van der Waals surface area contributed by atoms with E-state index in [4.69, 9.17) is 9.47 Å². The van der Waals surface area contributed by atoms with Crippen molar-refractivity contribution >= 4 is 17.7 Å². The maximum Gasteiger partial charge on any atom is 0.269 e. The Balaban J connectivity index is 1.51. The molecular weight excluding hydrogens is 290 g/mol. The number of rotatable bonds is 3. The van der Waals surface area contributed by atoms with Gasteiger partial charge in [-0.05, 0) is 24.6 Å². The zero-order chi connectivity index (χ0) is 15.5. The number of benzene rings is 1. The van der Waals surface area contributed by atoms with Gasteiger partial charge in [-0.1, -0.05) is 0 Å². The van der Waals surface area contributed by atoms with E-state index >= 15 is 0 Å². The van der Waals surface area contributed by atoms with Crippen LogP contribution in [0.15, 0.2) is 18.2 Å². The van der Waals surface area contributed by atoms with Crippen LogP contribution < -0.4 is 20.3 Å². The van der Waals surface area contributed by atoms with Gasteiger partial charge in [0.15, 0.2) is 11.5 Å². The summed E-state index contributed by atoms with van der Waals surface area (Å²) >= 11 is 0. The van der Waals surface area contributed by atoms with Gasteiger partial charge < -0.3 is 14.4 Å². The summed E-state index contributed by atoms with van der Waals surface area (Å²) in [6, 6.07) is 4.73. The zero-order valence-corrected chi connectivity index (χ0v) is 11.8. The largest absolute Gasteiger partial charge is 0.454 e. The smallest absolute Gasteiger partial charge is 0.269 e. The maximum absolute atomic E-state index is 11.9. The molecular formula is C14H15N3O5. The number of likely N-dealkylation sites (tertiary alicyclic amines) is 1. The second-order valence-corrected chi connectivity index (χ2v) is 4.99. The molecule has 3 amide bonds. The molecule has 1 saturated heterocycles. The minimum atomic E-state index is -0.473. The van der Waals surface area contributed by atoms with E-state index in [1.165, 1.54) is 11.0 Å². The van der Waals surface area contributed by atoms with E-state index in [9.17, 15) is 14.4 Å². The van der Waals surface area contributed by atoms with Gasteiger partial charge in [0, 0.05) is 18.5 Å². The Kier molecular flexibility index (Phi) is 3.82.